The lowest BCUT2D eigenvalue weighted by Gasteiger charge is -2.04. The maximum absolute atomic E-state index is 12.2. The molecule has 3 rings (SSSR count). The number of rotatable bonds is 1. The maximum atomic E-state index is 12.2. The first-order valence-corrected chi connectivity index (χ1v) is 8.48. The normalized spacial score (nSPS) is 15.0. The van der Waals surface area contributed by atoms with Crippen LogP contribution >= 0.6 is 47.8 Å². The molecule has 0 saturated heterocycles. The molecule has 2 aromatic carbocycles. The Morgan fingerprint density at radius 2 is 1.73 bits per heavy atom. The molecule has 0 radical (unpaired) electrons. The summed E-state index contributed by atoms with van der Waals surface area (Å²) in [6.45, 7) is 0. The Hall–Kier alpha value is -1.31. The third kappa shape index (κ3) is 2.68. The molecule has 1 heterocycles. The highest BCUT2D eigenvalue weighted by Crippen LogP contribution is 2.41. The molecule has 0 bridgehead atoms. The van der Waals surface area contributed by atoms with Crippen LogP contribution in [0.15, 0.2) is 37.7 Å². The molecule has 0 atom stereocenters. The molecule has 0 spiro atoms. The van der Waals surface area contributed by atoms with Crippen molar-refractivity contribution in [1.29, 1.82) is 0 Å². The Morgan fingerprint density at radius 1 is 1.00 bits per heavy atom. The molecule has 0 saturated carbocycles. The summed E-state index contributed by atoms with van der Waals surface area (Å²) in [7, 11) is 0. The highest BCUT2D eigenvalue weighted by Gasteiger charge is 2.26. The minimum Gasteiger partial charge on any atom is -0.504 e. The van der Waals surface area contributed by atoms with Crippen molar-refractivity contribution in [3.63, 3.8) is 0 Å². The quantitative estimate of drug-likeness (QED) is 0.395. The van der Waals surface area contributed by atoms with E-state index in [1.807, 2.05) is 12.1 Å². The second kappa shape index (κ2) is 5.72. The molecule has 0 fully saturated rings. The summed E-state index contributed by atoms with van der Waals surface area (Å²) in [5.41, 5.74) is 2.54. The van der Waals surface area contributed by atoms with Crippen molar-refractivity contribution in [1.82, 2.24) is 0 Å². The lowest BCUT2D eigenvalue weighted by atomic mass is 10.0. The van der Waals surface area contributed by atoms with Gasteiger partial charge in [0.05, 0.1) is 10.2 Å². The molecule has 4 nitrogen and oxygen atoms in total. The first kappa shape index (κ1) is 15.6. The Balaban J connectivity index is 2.16. The van der Waals surface area contributed by atoms with E-state index >= 15 is 0 Å². The molecule has 1 aliphatic heterocycles. The Labute approximate surface area is 151 Å². The Bertz CT molecular complexity index is 823. The van der Waals surface area contributed by atoms with Crippen LogP contribution in [-0.4, -0.2) is 16.1 Å². The van der Waals surface area contributed by atoms with Gasteiger partial charge in [-0.25, -0.2) is 0 Å². The van der Waals surface area contributed by atoms with E-state index < -0.39 is 0 Å². The predicted octanol–water partition coefficient (Wildman–Crippen LogP) is 4.88. The largest absolute Gasteiger partial charge is 0.504 e. The molecule has 0 unspecified atom stereocenters. The first-order valence-electron chi connectivity index (χ1n) is 6.11. The molecule has 0 aliphatic carbocycles. The second-order valence-corrected chi connectivity index (χ2v) is 7.32. The van der Waals surface area contributed by atoms with E-state index in [-0.39, 0.29) is 17.4 Å². The van der Waals surface area contributed by atoms with E-state index in [9.17, 15) is 15.0 Å². The van der Waals surface area contributed by atoms with E-state index in [1.165, 1.54) is 6.07 Å². The molecular weight excluding hydrogens is 482 g/mol. The van der Waals surface area contributed by atoms with E-state index in [4.69, 9.17) is 0 Å². The minimum absolute atomic E-state index is 0.225. The molecular formula is C15H8Br3NO3. The van der Waals surface area contributed by atoms with Gasteiger partial charge < -0.3 is 15.5 Å². The first-order chi connectivity index (χ1) is 10.4. The summed E-state index contributed by atoms with van der Waals surface area (Å²) in [4.78, 5) is 12.2. The van der Waals surface area contributed by atoms with Crippen molar-refractivity contribution >= 4 is 71.0 Å². The molecule has 1 aliphatic rings. The summed E-state index contributed by atoms with van der Waals surface area (Å²) in [5.74, 6) is -0.711. The van der Waals surface area contributed by atoms with Crippen molar-refractivity contribution in [2.75, 3.05) is 5.32 Å². The zero-order valence-corrected chi connectivity index (χ0v) is 15.6. The lowest BCUT2D eigenvalue weighted by Crippen LogP contribution is -2.03. The van der Waals surface area contributed by atoms with Crippen molar-refractivity contribution in [2.45, 2.75) is 0 Å². The van der Waals surface area contributed by atoms with Crippen LogP contribution in [0, 0.1) is 0 Å². The van der Waals surface area contributed by atoms with Crippen molar-refractivity contribution < 1.29 is 15.0 Å². The van der Waals surface area contributed by atoms with Gasteiger partial charge in [0.25, 0.3) is 5.91 Å². The standard InChI is InChI=1S/C15H8Br3NO3/c16-7-4-8-9(15(22)19-13(8)10(17)5-7)1-6-2-11(18)14(21)12(20)3-6/h1-5,20-21H,(H,19,22). The summed E-state index contributed by atoms with van der Waals surface area (Å²) < 4.78 is 1.98. The van der Waals surface area contributed by atoms with E-state index in [0.717, 1.165) is 14.5 Å². The smallest absolute Gasteiger partial charge is 0.256 e. The van der Waals surface area contributed by atoms with Crippen LogP contribution in [-0.2, 0) is 4.79 Å². The molecule has 0 aromatic heterocycles. The number of fused-ring (bicyclic) bond motifs is 1. The highest BCUT2D eigenvalue weighted by molar-refractivity contribution is 9.11. The number of aromatic hydroxyl groups is 2. The topological polar surface area (TPSA) is 69.6 Å². The number of amides is 1. The van der Waals surface area contributed by atoms with Crippen molar-refractivity contribution in [3.8, 4) is 11.5 Å². The molecule has 1 amide bonds. The lowest BCUT2D eigenvalue weighted by molar-refractivity contribution is -0.110. The molecule has 3 N–H and O–H groups in total. The summed E-state index contributed by atoms with van der Waals surface area (Å²) >= 11 is 9.98. The van der Waals surface area contributed by atoms with Gasteiger partial charge >= 0.3 is 0 Å². The molecule has 2 aromatic rings. The molecule has 112 valence electrons. The van der Waals surface area contributed by atoms with Crippen LogP contribution in [0.3, 0.4) is 0 Å². The Morgan fingerprint density at radius 3 is 2.41 bits per heavy atom. The summed E-state index contributed by atoms with van der Waals surface area (Å²) in [5, 5.41) is 22.0. The number of phenolic OH excluding ortho intramolecular Hbond substituents is 2. The average Bonchev–Trinajstić information content (AvgIpc) is 2.74. The number of anilines is 1. The van der Waals surface area contributed by atoms with Crippen LogP contribution in [0.1, 0.15) is 11.1 Å². The minimum atomic E-state index is -0.254. The number of phenols is 2. The van der Waals surface area contributed by atoms with Gasteiger partial charge in [0.2, 0.25) is 0 Å². The third-order valence-electron chi connectivity index (χ3n) is 3.20. The van der Waals surface area contributed by atoms with Gasteiger partial charge in [-0.05, 0) is 67.8 Å². The fourth-order valence-corrected chi connectivity index (χ4v) is 4.01. The number of halogens is 3. The van der Waals surface area contributed by atoms with Gasteiger partial charge in [-0.2, -0.15) is 0 Å². The zero-order valence-electron chi connectivity index (χ0n) is 10.8. The van der Waals surface area contributed by atoms with E-state index in [0.29, 0.717) is 21.3 Å². The zero-order chi connectivity index (χ0) is 16.0. The van der Waals surface area contributed by atoms with Gasteiger partial charge in [0.15, 0.2) is 11.5 Å². The predicted molar refractivity (Wildman–Crippen MR) is 95.8 cm³/mol. The Kier molecular flexibility index (Phi) is 4.05. The van der Waals surface area contributed by atoms with Crippen LogP contribution in [0.4, 0.5) is 5.69 Å². The van der Waals surface area contributed by atoms with E-state index in [1.54, 1.807) is 12.1 Å². The number of benzene rings is 2. The van der Waals surface area contributed by atoms with Gasteiger partial charge in [-0.15, -0.1) is 0 Å². The SMILES string of the molecule is O=C1Nc2c(Br)cc(Br)cc2C1=Cc1cc(O)c(O)c(Br)c1. The molecule has 22 heavy (non-hydrogen) atoms. The number of nitrogens with one attached hydrogen (secondary N) is 1. The number of hydrogen-bond donors (Lipinski definition) is 3. The number of carbonyl (C=O) groups is 1. The van der Waals surface area contributed by atoms with Gasteiger partial charge in [0, 0.05) is 20.1 Å². The second-order valence-electron chi connectivity index (χ2n) is 4.69. The molecule has 7 heteroatoms. The summed E-state index contributed by atoms with van der Waals surface area (Å²) in [6, 6.07) is 6.72. The third-order valence-corrected chi connectivity index (χ3v) is 4.89. The summed E-state index contributed by atoms with van der Waals surface area (Å²) in [6.07, 6.45) is 1.66. The van der Waals surface area contributed by atoms with Gasteiger partial charge in [-0.1, -0.05) is 15.9 Å². The van der Waals surface area contributed by atoms with Crippen LogP contribution in [0.2, 0.25) is 0 Å². The fourth-order valence-electron chi connectivity index (χ4n) is 2.21. The van der Waals surface area contributed by atoms with Crippen LogP contribution in [0.5, 0.6) is 11.5 Å². The number of hydrogen-bond acceptors (Lipinski definition) is 3. The van der Waals surface area contributed by atoms with Crippen molar-refractivity contribution in [3.05, 3.63) is 48.8 Å². The van der Waals surface area contributed by atoms with Crippen LogP contribution < -0.4 is 5.32 Å². The average molecular weight is 490 g/mol. The number of carbonyl (C=O) groups excluding carboxylic acids is 1. The van der Waals surface area contributed by atoms with Crippen molar-refractivity contribution in [2.24, 2.45) is 0 Å². The van der Waals surface area contributed by atoms with E-state index in [2.05, 4.69) is 53.1 Å². The fraction of sp³-hybridized carbons (Fsp3) is 0. The van der Waals surface area contributed by atoms with Gasteiger partial charge in [0.1, 0.15) is 0 Å². The highest BCUT2D eigenvalue weighted by atomic mass is 79.9. The van der Waals surface area contributed by atoms with Crippen LogP contribution in [0.25, 0.3) is 11.6 Å². The van der Waals surface area contributed by atoms with Gasteiger partial charge in [-0.3, -0.25) is 4.79 Å². The maximum Gasteiger partial charge on any atom is 0.256 e. The monoisotopic (exact) mass is 487 g/mol.